The lowest BCUT2D eigenvalue weighted by molar-refractivity contribution is -0.908. The molecule has 1 saturated heterocycles. The molecule has 0 aliphatic carbocycles. The van der Waals surface area contributed by atoms with Gasteiger partial charge in [0.2, 0.25) is 5.88 Å². The number of nitrogens with two attached hydrogens (primary N) is 1. The van der Waals surface area contributed by atoms with Crippen molar-refractivity contribution in [3.05, 3.63) is 74.0 Å². The molecule has 156 valence electrons. The zero-order chi connectivity index (χ0) is 21.3. The Morgan fingerprint density at radius 3 is 2.77 bits per heavy atom. The number of ether oxygens (including phenoxy) is 2. The van der Waals surface area contributed by atoms with Gasteiger partial charge in [0.15, 0.2) is 0 Å². The minimum Gasteiger partial charge on any atom is -0.440 e. The number of hydrogen-bond acceptors (Lipinski definition) is 5. The van der Waals surface area contributed by atoms with Gasteiger partial charge >= 0.3 is 0 Å². The smallest absolute Gasteiger partial charge is 0.258 e. The number of nitriles is 1. The number of fused-ring (bicyclic) bond motifs is 1. The predicted molar refractivity (Wildman–Crippen MR) is 113 cm³/mol. The second-order valence-electron chi connectivity index (χ2n) is 7.58. The Morgan fingerprint density at radius 1 is 1.33 bits per heavy atom. The van der Waals surface area contributed by atoms with Crippen LogP contribution in [0.25, 0.3) is 0 Å². The van der Waals surface area contributed by atoms with Crippen molar-refractivity contribution in [3.8, 4) is 11.8 Å². The van der Waals surface area contributed by atoms with Crippen LogP contribution in [-0.2, 0) is 11.3 Å². The Balaban J connectivity index is 1.80. The summed E-state index contributed by atoms with van der Waals surface area (Å²) in [5.41, 5.74) is 7.91. The van der Waals surface area contributed by atoms with Crippen LogP contribution in [-0.4, -0.2) is 37.4 Å². The highest BCUT2D eigenvalue weighted by Gasteiger charge is 2.35. The van der Waals surface area contributed by atoms with Crippen LogP contribution in [0.5, 0.6) is 5.75 Å². The molecule has 3 N–H and O–H groups in total. The van der Waals surface area contributed by atoms with Crippen molar-refractivity contribution in [1.82, 2.24) is 4.57 Å². The molecule has 2 aromatic rings. The lowest BCUT2D eigenvalue weighted by Crippen LogP contribution is -3.14. The summed E-state index contributed by atoms with van der Waals surface area (Å²) in [5.74, 6) is -0.277. The molecule has 1 aromatic heterocycles. The second-order valence-corrected chi connectivity index (χ2v) is 7.99. The van der Waals surface area contributed by atoms with E-state index in [9.17, 15) is 10.1 Å². The third-order valence-corrected chi connectivity index (χ3v) is 6.14. The molecule has 3 heterocycles. The number of quaternary nitrogens is 1. The quantitative estimate of drug-likeness (QED) is 0.757. The molecule has 7 nitrogen and oxygen atoms in total. The maximum atomic E-state index is 13.6. The first kappa shape index (κ1) is 20.5. The topological polar surface area (TPSA) is 94.7 Å². The molecule has 4 rings (SSSR count). The summed E-state index contributed by atoms with van der Waals surface area (Å²) in [5, 5.41) is 10.2. The molecule has 0 radical (unpaired) electrons. The van der Waals surface area contributed by atoms with Gasteiger partial charge in [-0.25, -0.2) is 0 Å². The number of pyridine rings is 1. The van der Waals surface area contributed by atoms with Gasteiger partial charge in [0.1, 0.15) is 30.5 Å². The van der Waals surface area contributed by atoms with E-state index < -0.39 is 5.92 Å². The molecule has 2 aliphatic rings. The number of aryl methyl sites for hydroxylation is 1. The molecular formula is C22H24ClN4O3+. The molecule has 1 aromatic carbocycles. The van der Waals surface area contributed by atoms with Crippen LogP contribution >= 0.6 is 11.6 Å². The highest BCUT2D eigenvalue weighted by Crippen LogP contribution is 2.42. The van der Waals surface area contributed by atoms with Gasteiger partial charge < -0.3 is 24.7 Å². The summed E-state index contributed by atoms with van der Waals surface area (Å²) >= 11 is 6.44. The summed E-state index contributed by atoms with van der Waals surface area (Å²) in [6.07, 6.45) is 0. The third kappa shape index (κ3) is 3.70. The van der Waals surface area contributed by atoms with Gasteiger partial charge in [-0.05, 0) is 18.6 Å². The predicted octanol–water partition coefficient (Wildman–Crippen LogP) is 0.943. The number of allylic oxidation sites excluding steroid dienone is 1. The van der Waals surface area contributed by atoms with E-state index in [0.29, 0.717) is 28.4 Å². The molecule has 30 heavy (non-hydrogen) atoms. The molecule has 2 aliphatic heterocycles. The zero-order valence-corrected chi connectivity index (χ0v) is 17.5. The Hall–Kier alpha value is -2.79. The van der Waals surface area contributed by atoms with Gasteiger partial charge in [-0.2, -0.15) is 5.26 Å². The van der Waals surface area contributed by atoms with Gasteiger partial charge in [0, 0.05) is 16.8 Å². The number of rotatable bonds is 4. The second kappa shape index (κ2) is 8.52. The van der Waals surface area contributed by atoms with E-state index >= 15 is 0 Å². The highest BCUT2D eigenvalue weighted by atomic mass is 35.5. The van der Waals surface area contributed by atoms with Crippen LogP contribution in [0.15, 0.2) is 46.6 Å². The van der Waals surface area contributed by atoms with Crippen molar-refractivity contribution in [1.29, 1.82) is 5.26 Å². The average molecular weight is 428 g/mol. The van der Waals surface area contributed by atoms with E-state index in [-0.39, 0.29) is 17.0 Å². The molecule has 0 spiro atoms. The molecule has 1 atom stereocenters. The highest BCUT2D eigenvalue weighted by molar-refractivity contribution is 6.31. The third-order valence-electron chi connectivity index (χ3n) is 5.80. The standard InChI is InChI=1S/C22H23ClN4O3/c1-14-12-18-20(22(28)27(14)7-6-26-8-10-29-11-9-26)19(16(13-24)21(25)30-18)15-4-2-3-5-17(15)23/h2-5,12,19H,6-11,25H2,1H3/p+1/t19-/m1/s1. The van der Waals surface area contributed by atoms with Gasteiger partial charge in [-0.15, -0.1) is 0 Å². The van der Waals surface area contributed by atoms with Gasteiger partial charge in [-0.3, -0.25) is 4.79 Å². The van der Waals surface area contributed by atoms with Crippen LogP contribution in [0.3, 0.4) is 0 Å². The van der Waals surface area contributed by atoms with Crippen LogP contribution < -0.4 is 20.9 Å². The van der Waals surface area contributed by atoms with Crippen LogP contribution in [0, 0.1) is 18.3 Å². The lowest BCUT2D eigenvalue weighted by atomic mass is 9.84. The molecule has 0 unspecified atom stereocenters. The maximum Gasteiger partial charge on any atom is 0.258 e. The van der Waals surface area contributed by atoms with E-state index in [0.717, 1.165) is 38.5 Å². The van der Waals surface area contributed by atoms with Gasteiger partial charge in [-0.1, -0.05) is 29.8 Å². The number of morpholine rings is 1. The number of aromatic nitrogens is 1. The van der Waals surface area contributed by atoms with Gasteiger partial charge in [0.05, 0.1) is 37.8 Å². The fourth-order valence-electron chi connectivity index (χ4n) is 4.16. The minimum absolute atomic E-state index is 0.00392. The van der Waals surface area contributed by atoms with Crippen molar-refractivity contribution in [2.45, 2.75) is 19.4 Å². The molecule has 0 saturated carbocycles. The first-order valence-corrected chi connectivity index (χ1v) is 10.4. The Morgan fingerprint density at radius 2 is 2.07 bits per heavy atom. The van der Waals surface area contributed by atoms with E-state index in [4.69, 9.17) is 26.8 Å². The molecular weight excluding hydrogens is 404 g/mol. The zero-order valence-electron chi connectivity index (χ0n) is 16.8. The summed E-state index contributed by atoms with van der Waals surface area (Å²) in [7, 11) is 0. The van der Waals surface area contributed by atoms with E-state index in [1.54, 1.807) is 10.6 Å². The average Bonchev–Trinajstić information content (AvgIpc) is 2.74. The number of nitrogens with one attached hydrogen (secondary N) is 1. The van der Waals surface area contributed by atoms with Crippen molar-refractivity contribution >= 4 is 11.6 Å². The van der Waals surface area contributed by atoms with Crippen molar-refractivity contribution in [2.75, 3.05) is 32.8 Å². The Kier molecular flexibility index (Phi) is 5.82. The van der Waals surface area contributed by atoms with Crippen LogP contribution in [0.1, 0.15) is 22.7 Å². The SMILES string of the molecule is Cc1cc2c(c(=O)n1CC[NH+]1CCOCC1)[C@H](c1ccccc1Cl)C(C#N)=C(N)O2. The van der Waals surface area contributed by atoms with Crippen LogP contribution in [0.2, 0.25) is 5.02 Å². The van der Waals surface area contributed by atoms with Gasteiger partial charge in [0.25, 0.3) is 5.56 Å². The summed E-state index contributed by atoms with van der Waals surface area (Å²) < 4.78 is 12.9. The van der Waals surface area contributed by atoms with Crippen molar-refractivity contribution in [3.63, 3.8) is 0 Å². The number of halogens is 1. The fraction of sp³-hybridized carbons (Fsp3) is 0.364. The summed E-state index contributed by atoms with van der Waals surface area (Å²) in [4.78, 5) is 15.0. The molecule has 1 fully saturated rings. The fourth-order valence-corrected chi connectivity index (χ4v) is 4.41. The molecule has 0 amide bonds. The lowest BCUT2D eigenvalue weighted by Gasteiger charge is -2.28. The molecule has 8 heteroatoms. The maximum absolute atomic E-state index is 13.6. The number of nitrogens with zero attached hydrogens (tertiary/aromatic N) is 2. The number of hydrogen-bond donors (Lipinski definition) is 2. The first-order chi connectivity index (χ1) is 14.5. The normalized spacial score (nSPS) is 19.2. The Bertz CT molecular complexity index is 1100. The molecule has 0 bridgehead atoms. The summed E-state index contributed by atoms with van der Waals surface area (Å²) in [6, 6.07) is 11.1. The summed E-state index contributed by atoms with van der Waals surface area (Å²) in [6.45, 7) is 6.62. The van der Waals surface area contributed by atoms with E-state index in [1.807, 2.05) is 31.2 Å². The largest absolute Gasteiger partial charge is 0.440 e. The minimum atomic E-state index is -0.664. The van der Waals surface area contributed by atoms with Crippen molar-refractivity contribution < 1.29 is 14.4 Å². The van der Waals surface area contributed by atoms with Crippen molar-refractivity contribution in [2.24, 2.45) is 5.73 Å². The first-order valence-electron chi connectivity index (χ1n) is 9.99. The van der Waals surface area contributed by atoms with E-state index in [1.165, 1.54) is 4.90 Å². The monoisotopic (exact) mass is 427 g/mol. The van der Waals surface area contributed by atoms with E-state index in [2.05, 4.69) is 6.07 Å². The Labute approximate surface area is 179 Å². The number of benzene rings is 1. The van der Waals surface area contributed by atoms with Crippen LogP contribution in [0.4, 0.5) is 0 Å².